The van der Waals surface area contributed by atoms with E-state index in [1.54, 1.807) is 24.4 Å². The van der Waals surface area contributed by atoms with Crippen LogP contribution >= 0.6 is 11.3 Å². The van der Waals surface area contributed by atoms with Gasteiger partial charge in [0.1, 0.15) is 15.6 Å². The molecule has 0 aliphatic carbocycles. The minimum Gasteiger partial charge on any atom is -0.496 e. The lowest BCUT2D eigenvalue weighted by molar-refractivity contribution is 0.103. The van der Waals surface area contributed by atoms with E-state index in [1.165, 1.54) is 18.4 Å². The molecule has 24 heavy (non-hydrogen) atoms. The predicted octanol–water partition coefficient (Wildman–Crippen LogP) is 3.56. The summed E-state index contributed by atoms with van der Waals surface area (Å²) in [5.41, 5.74) is 2.19. The summed E-state index contributed by atoms with van der Waals surface area (Å²) in [6, 6.07) is 14.9. The van der Waals surface area contributed by atoms with Gasteiger partial charge in [-0.05, 0) is 18.2 Å². The number of hydrogen-bond acceptors (Lipinski definition) is 5. The van der Waals surface area contributed by atoms with E-state index in [2.05, 4.69) is 10.3 Å². The average molecular weight is 340 g/mol. The van der Waals surface area contributed by atoms with Crippen molar-refractivity contribution in [3.05, 3.63) is 65.2 Å². The Kier molecular flexibility index (Phi) is 4.88. The van der Waals surface area contributed by atoms with Gasteiger partial charge in [-0.1, -0.05) is 30.3 Å². The van der Waals surface area contributed by atoms with Crippen LogP contribution in [0, 0.1) is 0 Å². The molecule has 0 unspecified atom stereocenters. The second-order valence-corrected chi connectivity index (χ2v) is 6.07. The Morgan fingerprint density at radius 2 is 2.04 bits per heavy atom. The number of thiazole rings is 1. The molecule has 1 heterocycles. The van der Waals surface area contributed by atoms with Crippen molar-refractivity contribution in [2.24, 2.45) is 0 Å². The largest absolute Gasteiger partial charge is 0.496 e. The lowest BCUT2D eigenvalue weighted by Gasteiger charge is -2.09. The fraction of sp³-hybridized carbons (Fsp3) is 0.111. The second-order valence-electron chi connectivity index (χ2n) is 5.03. The van der Waals surface area contributed by atoms with Gasteiger partial charge in [0.25, 0.3) is 5.91 Å². The molecular formula is C18H16N2O3S. The van der Waals surface area contributed by atoms with Crippen molar-refractivity contribution in [2.75, 3.05) is 12.4 Å². The maximum Gasteiger partial charge on any atom is 0.267 e. The van der Waals surface area contributed by atoms with Crippen LogP contribution in [0.5, 0.6) is 5.75 Å². The molecule has 0 fully saturated rings. The first kappa shape index (κ1) is 16.2. The molecule has 122 valence electrons. The highest BCUT2D eigenvalue weighted by atomic mass is 32.1. The van der Waals surface area contributed by atoms with Crippen molar-refractivity contribution in [3.8, 4) is 16.3 Å². The van der Waals surface area contributed by atoms with Crippen LogP contribution in [0.4, 0.5) is 5.69 Å². The quantitative estimate of drug-likeness (QED) is 0.745. The van der Waals surface area contributed by atoms with Crippen molar-refractivity contribution < 1.29 is 14.6 Å². The fourth-order valence-corrected chi connectivity index (χ4v) is 3.08. The molecule has 5 nitrogen and oxygen atoms in total. The normalized spacial score (nSPS) is 10.4. The van der Waals surface area contributed by atoms with Crippen LogP contribution in [0.2, 0.25) is 0 Å². The lowest BCUT2D eigenvalue weighted by Crippen LogP contribution is -2.10. The number of benzene rings is 2. The number of methoxy groups -OCH3 is 1. The van der Waals surface area contributed by atoms with E-state index in [0.29, 0.717) is 21.9 Å². The zero-order valence-electron chi connectivity index (χ0n) is 13.0. The Labute approximate surface area is 143 Å². The highest BCUT2D eigenvalue weighted by molar-refractivity contribution is 7.17. The third kappa shape index (κ3) is 3.45. The summed E-state index contributed by atoms with van der Waals surface area (Å²) in [7, 11) is 1.54. The van der Waals surface area contributed by atoms with Gasteiger partial charge >= 0.3 is 0 Å². The molecule has 1 aromatic heterocycles. The number of rotatable bonds is 5. The van der Waals surface area contributed by atoms with E-state index in [1.807, 2.05) is 30.3 Å². The van der Waals surface area contributed by atoms with Gasteiger partial charge < -0.3 is 15.2 Å². The van der Waals surface area contributed by atoms with Crippen molar-refractivity contribution in [2.45, 2.75) is 6.61 Å². The number of aliphatic hydroxyl groups excluding tert-OH is 1. The van der Waals surface area contributed by atoms with Crippen molar-refractivity contribution in [1.82, 2.24) is 4.98 Å². The van der Waals surface area contributed by atoms with Gasteiger partial charge in [-0.15, -0.1) is 11.3 Å². The molecule has 0 aliphatic rings. The van der Waals surface area contributed by atoms with E-state index in [-0.39, 0.29) is 12.5 Å². The number of ether oxygens (including phenoxy) is 1. The summed E-state index contributed by atoms with van der Waals surface area (Å²) < 4.78 is 5.15. The van der Waals surface area contributed by atoms with Gasteiger partial charge in [0.15, 0.2) is 0 Å². The van der Waals surface area contributed by atoms with Crippen LogP contribution in [0.15, 0.2) is 54.7 Å². The van der Waals surface area contributed by atoms with Crippen LogP contribution in [0.25, 0.3) is 10.6 Å². The Morgan fingerprint density at radius 3 is 2.75 bits per heavy atom. The number of carbonyl (C=O) groups excluding carboxylic acids is 1. The molecule has 0 atom stereocenters. The number of anilines is 1. The van der Waals surface area contributed by atoms with Crippen molar-refractivity contribution >= 4 is 22.9 Å². The van der Waals surface area contributed by atoms with Crippen LogP contribution in [-0.2, 0) is 6.61 Å². The minimum atomic E-state index is -0.233. The summed E-state index contributed by atoms with van der Waals surface area (Å²) in [5.74, 6) is 0.350. The standard InChI is InChI=1S/C18H16N2O3S/c1-23-15-8-7-14(9-13(15)11-21)20-17(22)16-10-19-18(24-16)12-5-3-2-4-6-12/h2-10,21H,11H2,1H3,(H,20,22). The van der Waals surface area contributed by atoms with Crippen LogP contribution in [0.1, 0.15) is 15.2 Å². The molecule has 2 N–H and O–H groups in total. The number of amides is 1. The van der Waals surface area contributed by atoms with Crippen LogP contribution in [-0.4, -0.2) is 23.1 Å². The highest BCUT2D eigenvalue weighted by Crippen LogP contribution is 2.26. The molecule has 0 aliphatic heterocycles. The monoisotopic (exact) mass is 340 g/mol. The smallest absolute Gasteiger partial charge is 0.267 e. The molecule has 2 aromatic carbocycles. The number of nitrogens with one attached hydrogen (secondary N) is 1. The summed E-state index contributed by atoms with van der Waals surface area (Å²) in [4.78, 5) is 17.2. The number of nitrogens with zero attached hydrogens (tertiary/aromatic N) is 1. The summed E-state index contributed by atoms with van der Waals surface area (Å²) >= 11 is 1.33. The predicted molar refractivity (Wildman–Crippen MR) is 94.4 cm³/mol. The molecule has 3 rings (SSSR count). The Balaban J connectivity index is 1.77. The SMILES string of the molecule is COc1ccc(NC(=O)c2cnc(-c3ccccc3)s2)cc1CO. The van der Waals surface area contributed by atoms with Gasteiger partial charge in [0.05, 0.1) is 19.9 Å². The van der Waals surface area contributed by atoms with E-state index >= 15 is 0 Å². The van der Waals surface area contributed by atoms with Crippen molar-refractivity contribution in [3.63, 3.8) is 0 Å². The first-order chi connectivity index (χ1) is 11.7. The highest BCUT2D eigenvalue weighted by Gasteiger charge is 2.13. The molecule has 0 saturated heterocycles. The molecule has 0 bridgehead atoms. The summed E-state index contributed by atoms with van der Waals surface area (Å²) in [6.45, 7) is -0.161. The number of aromatic nitrogens is 1. The third-order valence-electron chi connectivity index (χ3n) is 3.46. The van der Waals surface area contributed by atoms with Gasteiger partial charge in [-0.2, -0.15) is 0 Å². The molecule has 1 amide bonds. The lowest BCUT2D eigenvalue weighted by atomic mass is 10.2. The average Bonchev–Trinajstić information content (AvgIpc) is 3.12. The van der Waals surface area contributed by atoms with Crippen LogP contribution in [0.3, 0.4) is 0 Å². The topological polar surface area (TPSA) is 71.5 Å². The third-order valence-corrected chi connectivity index (χ3v) is 4.50. The molecular weight excluding hydrogens is 324 g/mol. The maximum atomic E-state index is 12.4. The zero-order valence-corrected chi connectivity index (χ0v) is 13.8. The summed E-state index contributed by atoms with van der Waals surface area (Å²) in [5, 5.41) is 13.0. The Hall–Kier alpha value is -2.70. The second kappa shape index (κ2) is 7.25. The van der Waals surface area contributed by atoms with E-state index in [4.69, 9.17) is 4.74 Å². The first-order valence-corrected chi connectivity index (χ1v) is 8.13. The number of carbonyl (C=O) groups is 1. The van der Waals surface area contributed by atoms with E-state index in [0.717, 1.165) is 10.6 Å². The van der Waals surface area contributed by atoms with Crippen molar-refractivity contribution in [1.29, 1.82) is 0 Å². The van der Waals surface area contributed by atoms with E-state index < -0.39 is 0 Å². The number of aliphatic hydroxyl groups is 1. The maximum absolute atomic E-state index is 12.4. The molecule has 6 heteroatoms. The Bertz CT molecular complexity index is 846. The first-order valence-electron chi connectivity index (χ1n) is 7.31. The number of hydrogen-bond donors (Lipinski definition) is 2. The zero-order chi connectivity index (χ0) is 16.9. The molecule has 0 spiro atoms. The Morgan fingerprint density at radius 1 is 1.25 bits per heavy atom. The van der Waals surface area contributed by atoms with Gasteiger partial charge in [-0.3, -0.25) is 4.79 Å². The van der Waals surface area contributed by atoms with Crippen LogP contribution < -0.4 is 10.1 Å². The molecule has 3 aromatic rings. The van der Waals surface area contributed by atoms with E-state index in [9.17, 15) is 9.90 Å². The molecule has 0 saturated carbocycles. The molecule has 0 radical (unpaired) electrons. The van der Waals surface area contributed by atoms with Gasteiger partial charge in [-0.25, -0.2) is 4.98 Å². The van der Waals surface area contributed by atoms with Gasteiger partial charge in [0, 0.05) is 16.8 Å². The summed E-state index contributed by atoms with van der Waals surface area (Å²) in [6.07, 6.45) is 1.57. The fourth-order valence-electron chi connectivity index (χ4n) is 2.27. The van der Waals surface area contributed by atoms with Gasteiger partial charge in [0.2, 0.25) is 0 Å². The minimum absolute atomic E-state index is 0.161.